The fourth-order valence-corrected chi connectivity index (χ4v) is 4.84. The van der Waals surface area contributed by atoms with Gasteiger partial charge in [0.1, 0.15) is 11.5 Å². The van der Waals surface area contributed by atoms with Crippen LogP contribution < -0.4 is 20.1 Å². The third-order valence-electron chi connectivity index (χ3n) is 7.31. The van der Waals surface area contributed by atoms with Crippen molar-refractivity contribution < 1.29 is 24.2 Å². The molecular weight excluding hydrogens is 534 g/mol. The van der Waals surface area contributed by atoms with E-state index in [4.69, 9.17) is 9.47 Å². The van der Waals surface area contributed by atoms with E-state index in [1.54, 1.807) is 29.2 Å². The predicted molar refractivity (Wildman–Crippen MR) is 156 cm³/mol. The van der Waals surface area contributed by atoms with Gasteiger partial charge in [0.2, 0.25) is 0 Å². The zero-order valence-corrected chi connectivity index (χ0v) is 23.1. The molecule has 0 radical (unpaired) electrons. The Morgan fingerprint density at radius 1 is 1.00 bits per heavy atom. The van der Waals surface area contributed by atoms with E-state index in [2.05, 4.69) is 20.7 Å². The van der Waals surface area contributed by atoms with Crippen LogP contribution in [-0.2, 0) is 11.2 Å². The predicted octanol–water partition coefficient (Wildman–Crippen LogP) is 3.47. The van der Waals surface area contributed by atoms with Crippen LogP contribution in [0.3, 0.4) is 0 Å². The number of amides is 2. The van der Waals surface area contributed by atoms with Crippen molar-refractivity contribution in [1.29, 1.82) is 0 Å². The topological polar surface area (TPSA) is 128 Å². The van der Waals surface area contributed by atoms with Crippen molar-refractivity contribution in [2.45, 2.75) is 50.3 Å². The first kappa shape index (κ1) is 27.5. The summed E-state index contributed by atoms with van der Waals surface area (Å²) < 4.78 is 13.4. The molecule has 0 saturated heterocycles. The highest BCUT2D eigenvalue weighted by Crippen LogP contribution is 2.25. The second-order valence-electron chi connectivity index (χ2n) is 10.6. The highest BCUT2D eigenvalue weighted by Gasteiger charge is 2.33. The van der Waals surface area contributed by atoms with Gasteiger partial charge in [-0.25, -0.2) is 9.67 Å². The van der Waals surface area contributed by atoms with E-state index in [1.165, 1.54) is 0 Å². The van der Waals surface area contributed by atoms with Crippen LogP contribution in [0.25, 0.3) is 17.1 Å². The number of hydrogen-bond donors (Lipinski definition) is 3. The van der Waals surface area contributed by atoms with Gasteiger partial charge >= 0.3 is 0 Å². The molecular formula is C32H33N5O5. The molecule has 1 saturated carbocycles. The van der Waals surface area contributed by atoms with Crippen LogP contribution in [0.15, 0.2) is 79.1 Å². The average molecular weight is 568 g/mol. The zero-order chi connectivity index (χ0) is 28.9. The van der Waals surface area contributed by atoms with Gasteiger partial charge in [0.15, 0.2) is 11.9 Å². The number of hydrogen-bond acceptors (Lipinski definition) is 7. The van der Waals surface area contributed by atoms with Gasteiger partial charge in [-0.1, -0.05) is 24.3 Å². The lowest BCUT2D eigenvalue weighted by molar-refractivity contribution is -0.130. The molecule has 3 N–H and O–H groups in total. The number of ether oxygens (including phenoxy) is 2. The Morgan fingerprint density at radius 2 is 1.79 bits per heavy atom. The van der Waals surface area contributed by atoms with E-state index in [1.807, 2.05) is 54.6 Å². The summed E-state index contributed by atoms with van der Waals surface area (Å²) in [6.07, 6.45) is 5.57. The van der Waals surface area contributed by atoms with E-state index < -0.39 is 24.0 Å². The molecule has 2 aromatic carbocycles. The molecule has 42 heavy (non-hydrogen) atoms. The molecule has 2 aromatic heterocycles. The highest BCUT2D eigenvalue weighted by atomic mass is 16.5. The largest absolute Gasteiger partial charge is 0.494 e. The number of aliphatic hydroxyl groups excluding tert-OH is 1. The molecule has 1 unspecified atom stereocenters. The van der Waals surface area contributed by atoms with Crippen LogP contribution >= 0.6 is 0 Å². The number of carbonyl (C=O) groups excluding carboxylic acids is 2. The van der Waals surface area contributed by atoms with Crippen LogP contribution in [0.2, 0.25) is 0 Å². The molecule has 0 spiro atoms. The number of nitrogens with one attached hydrogen (secondary N) is 2. The molecule has 7 rings (SSSR count). The summed E-state index contributed by atoms with van der Waals surface area (Å²) in [5.74, 6) is 0.816. The molecule has 2 atom stereocenters. The first-order valence-electron chi connectivity index (χ1n) is 14.3. The third kappa shape index (κ3) is 6.60. The Morgan fingerprint density at radius 3 is 2.57 bits per heavy atom. The molecule has 3 aliphatic rings. The lowest BCUT2D eigenvalue weighted by Gasteiger charge is -2.24. The number of carbonyl (C=O) groups is 2. The SMILES string of the molecule is O=C1N[C@H](C(O)C(=O)NC2CC2)Cc2ccc(cc2)OCCCCOc2cccc(c2)-c2ccn(n2)-c2ncccc21. The van der Waals surface area contributed by atoms with Crippen LogP contribution in [0.4, 0.5) is 0 Å². The number of pyridine rings is 1. The molecule has 2 aliphatic heterocycles. The van der Waals surface area contributed by atoms with E-state index in [0.29, 0.717) is 24.7 Å². The van der Waals surface area contributed by atoms with Crippen molar-refractivity contribution in [2.24, 2.45) is 0 Å². The van der Waals surface area contributed by atoms with Crippen molar-refractivity contribution >= 4 is 11.8 Å². The highest BCUT2D eigenvalue weighted by molar-refractivity contribution is 5.97. The van der Waals surface area contributed by atoms with Crippen molar-refractivity contribution in [1.82, 2.24) is 25.4 Å². The minimum atomic E-state index is -1.44. The second kappa shape index (κ2) is 12.4. The maximum atomic E-state index is 13.7. The Kier molecular flexibility index (Phi) is 8.14. The number of nitrogens with zero attached hydrogens (tertiary/aromatic N) is 3. The Bertz CT molecular complexity index is 1550. The normalized spacial score (nSPS) is 18.2. The number of aliphatic hydroxyl groups is 1. The summed E-state index contributed by atoms with van der Waals surface area (Å²) in [6.45, 7) is 1.11. The van der Waals surface area contributed by atoms with Gasteiger partial charge in [-0.3, -0.25) is 9.59 Å². The van der Waals surface area contributed by atoms with Gasteiger partial charge in [-0.15, -0.1) is 0 Å². The molecule has 10 heteroatoms. The van der Waals surface area contributed by atoms with Gasteiger partial charge in [0, 0.05) is 24.0 Å². The van der Waals surface area contributed by atoms with Crippen LogP contribution in [0.1, 0.15) is 41.6 Å². The Labute approximate surface area is 243 Å². The fourth-order valence-electron chi connectivity index (χ4n) is 4.84. The summed E-state index contributed by atoms with van der Waals surface area (Å²) in [5.41, 5.74) is 2.66. The average Bonchev–Trinajstić information content (AvgIpc) is 3.69. The monoisotopic (exact) mass is 567 g/mol. The number of benzene rings is 2. The Balaban J connectivity index is 1.33. The lowest BCUT2D eigenvalue weighted by atomic mass is 9.99. The summed E-state index contributed by atoms with van der Waals surface area (Å²) >= 11 is 0. The van der Waals surface area contributed by atoms with Crippen molar-refractivity contribution in [2.75, 3.05) is 13.2 Å². The molecule has 216 valence electrons. The van der Waals surface area contributed by atoms with Crippen LogP contribution in [-0.4, -0.2) is 63.1 Å². The molecule has 4 aromatic rings. The summed E-state index contributed by atoms with van der Waals surface area (Å²) in [7, 11) is 0. The van der Waals surface area contributed by atoms with E-state index in [-0.39, 0.29) is 18.0 Å². The van der Waals surface area contributed by atoms with Gasteiger partial charge in [-0.2, -0.15) is 5.10 Å². The van der Waals surface area contributed by atoms with Crippen molar-refractivity contribution in [3.63, 3.8) is 0 Å². The fraction of sp³-hybridized carbons (Fsp3) is 0.312. The molecule has 6 bridgehead atoms. The van der Waals surface area contributed by atoms with Gasteiger partial charge in [-0.05, 0) is 80.1 Å². The standard InChI is InChI=1S/C32H33N5O5/c38-29(32(40)34-23-10-11-23)28-19-21-8-12-24(13-9-21)41-17-1-2-18-42-25-6-3-5-22(20-25)27-14-16-37(36-27)30-26(31(39)35-28)7-4-15-33-30/h3-9,12-16,20,23,28-29,38H,1-2,10-11,17-19H2,(H,34,40)(H,35,39)/t28-,29?/m0/s1. The smallest absolute Gasteiger partial charge is 0.255 e. The van der Waals surface area contributed by atoms with Gasteiger partial charge in [0.25, 0.3) is 11.8 Å². The van der Waals surface area contributed by atoms with Gasteiger partial charge < -0.3 is 25.2 Å². The lowest BCUT2D eigenvalue weighted by Crippen LogP contribution is -2.52. The number of fused-ring (bicyclic) bond motifs is 10. The second-order valence-corrected chi connectivity index (χ2v) is 10.6. The molecule has 4 heterocycles. The zero-order valence-electron chi connectivity index (χ0n) is 23.1. The van der Waals surface area contributed by atoms with Crippen LogP contribution in [0, 0.1) is 0 Å². The minimum Gasteiger partial charge on any atom is -0.494 e. The first-order chi connectivity index (χ1) is 20.5. The molecule has 10 nitrogen and oxygen atoms in total. The van der Waals surface area contributed by atoms with Crippen molar-refractivity contribution in [3.05, 3.63) is 90.3 Å². The number of aromatic nitrogens is 3. The first-order valence-corrected chi connectivity index (χ1v) is 14.3. The maximum Gasteiger partial charge on any atom is 0.255 e. The molecule has 2 amide bonds. The molecule has 1 fully saturated rings. The maximum absolute atomic E-state index is 13.7. The molecule has 1 aliphatic carbocycles. The van der Waals surface area contributed by atoms with E-state index >= 15 is 0 Å². The Hall–Kier alpha value is -4.70. The van der Waals surface area contributed by atoms with Gasteiger partial charge in [0.05, 0.1) is 30.5 Å². The van der Waals surface area contributed by atoms with Crippen molar-refractivity contribution in [3.8, 4) is 28.6 Å². The minimum absolute atomic E-state index is 0.0754. The summed E-state index contributed by atoms with van der Waals surface area (Å²) in [6, 6.07) is 19.5. The van der Waals surface area contributed by atoms with Crippen LogP contribution in [0.5, 0.6) is 11.5 Å². The third-order valence-corrected chi connectivity index (χ3v) is 7.31. The summed E-state index contributed by atoms with van der Waals surface area (Å²) in [4.78, 5) is 30.9. The van der Waals surface area contributed by atoms with E-state index in [9.17, 15) is 14.7 Å². The number of rotatable bonds is 3. The summed E-state index contributed by atoms with van der Waals surface area (Å²) in [5, 5.41) is 21.5. The quantitative estimate of drug-likeness (QED) is 0.346. The van der Waals surface area contributed by atoms with E-state index in [0.717, 1.165) is 48.3 Å².